The monoisotopic (exact) mass is 299 g/mol. The maximum Gasteiger partial charge on any atom is 0.441 e. The zero-order valence-corrected chi connectivity index (χ0v) is 11.5. The van der Waals surface area contributed by atoms with Gasteiger partial charge in [0.2, 0.25) is 5.75 Å². The quantitative estimate of drug-likeness (QED) is 0.666. The maximum absolute atomic E-state index is 11.1. The molecule has 0 aliphatic carbocycles. The molecule has 1 N–H and O–H groups in total. The first-order chi connectivity index (χ1) is 9.54. The van der Waals surface area contributed by atoms with Gasteiger partial charge in [0.15, 0.2) is 0 Å². The number of rotatable bonds is 4. The highest BCUT2D eigenvalue weighted by molar-refractivity contribution is 5.65. The molecule has 1 amide bonds. The fourth-order valence-electron chi connectivity index (χ4n) is 1.40. The van der Waals surface area contributed by atoms with Crippen molar-refractivity contribution in [3.63, 3.8) is 0 Å². The normalized spacial score (nSPS) is 10.8. The molecule has 0 bridgehead atoms. The third kappa shape index (κ3) is 3.78. The van der Waals surface area contributed by atoms with E-state index in [1.54, 1.807) is 0 Å². The van der Waals surface area contributed by atoms with Gasteiger partial charge >= 0.3 is 11.8 Å². The van der Waals surface area contributed by atoms with E-state index in [0.29, 0.717) is 11.1 Å². The number of amides is 1. The Morgan fingerprint density at radius 3 is 2.19 bits per heavy atom. The van der Waals surface area contributed by atoms with E-state index in [1.807, 2.05) is 0 Å². The Kier molecular flexibility index (Phi) is 4.31. The second kappa shape index (κ2) is 5.61. The van der Waals surface area contributed by atoms with E-state index in [9.17, 15) is 25.0 Å². The number of hydrogen-bond donors (Lipinski definition) is 1. The number of nitrogens with zero attached hydrogens (tertiary/aromatic N) is 3. The second-order valence-electron chi connectivity index (χ2n) is 5.01. The predicted octanol–water partition coefficient (Wildman–Crippen LogP) is 2.58. The predicted molar refractivity (Wildman–Crippen MR) is 70.0 cm³/mol. The lowest BCUT2D eigenvalue weighted by atomic mass is 10.1. The van der Waals surface area contributed by atoms with Gasteiger partial charge in [0.05, 0.1) is 21.5 Å². The Bertz CT molecular complexity index is 594. The Hall–Kier alpha value is -2.91. The van der Waals surface area contributed by atoms with Crippen LogP contribution in [0, 0.1) is 20.2 Å². The summed E-state index contributed by atoms with van der Waals surface area (Å²) in [5, 5.41) is 31.1. The Labute approximate surface area is 118 Å². The van der Waals surface area contributed by atoms with Crippen LogP contribution in [0.2, 0.25) is 0 Å². The number of carbonyl (C=O) groups is 1. The first-order valence-corrected chi connectivity index (χ1v) is 5.68. The molecule has 0 aromatic heterocycles. The molecule has 10 nitrogen and oxygen atoms in total. The van der Waals surface area contributed by atoms with Crippen molar-refractivity contribution in [1.29, 1.82) is 0 Å². The lowest BCUT2D eigenvalue weighted by Gasteiger charge is -2.31. The highest BCUT2D eigenvalue weighted by Crippen LogP contribution is 2.32. The van der Waals surface area contributed by atoms with E-state index >= 15 is 0 Å². The number of hydroxylamine groups is 2. The van der Waals surface area contributed by atoms with Crippen LogP contribution in [-0.2, 0) is 0 Å². The van der Waals surface area contributed by atoms with Crippen molar-refractivity contribution in [3.05, 3.63) is 38.4 Å². The van der Waals surface area contributed by atoms with Crippen LogP contribution in [-0.4, -0.2) is 31.6 Å². The van der Waals surface area contributed by atoms with E-state index in [1.165, 1.54) is 20.8 Å². The van der Waals surface area contributed by atoms with Gasteiger partial charge in [-0.25, -0.2) is 4.79 Å². The van der Waals surface area contributed by atoms with Gasteiger partial charge in [-0.15, -0.1) is 5.06 Å². The Balaban J connectivity index is 3.27. The van der Waals surface area contributed by atoms with Crippen LogP contribution in [0.1, 0.15) is 20.8 Å². The van der Waals surface area contributed by atoms with E-state index < -0.39 is 38.6 Å². The van der Waals surface area contributed by atoms with Crippen LogP contribution in [0.25, 0.3) is 0 Å². The number of non-ortho nitro benzene ring substituents is 1. The van der Waals surface area contributed by atoms with Crippen LogP contribution in [0.3, 0.4) is 0 Å². The van der Waals surface area contributed by atoms with Crippen molar-refractivity contribution >= 4 is 17.5 Å². The number of carboxylic acid groups (broad SMARTS) is 1. The molecule has 0 saturated heterocycles. The fourth-order valence-corrected chi connectivity index (χ4v) is 1.40. The van der Waals surface area contributed by atoms with Gasteiger partial charge in [0, 0.05) is 6.07 Å². The fraction of sp³-hybridized carbons (Fsp3) is 0.364. The van der Waals surface area contributed by atoms with Gasteiger partial charge < -0.3 is 9.94 Å². The van der Waals surface area contributed by atoms with Gasteiger partial charge in [-0.05, 0) is 26.8 Å². The van der Waals surface area contributed by atoms with Crippen molar-refractivity contribution in [2.75, 3.05) is 0 Å². The summed E-state index contributed by atoms with van der Waals surface area (Å²) < 4.78 is 0. The summed E-state index contributed by atoms with van der Waals surface area (Å²) in [6, 6.07) is 2.68. The topological polar surface area (TPSA) is 136 Å². The summed E-state index contributed by atoms with van der Waals surface area (Å²) in [5.41, 5.74) is -2.17. The molecule has 1 aromatic carbocycles. The second-order valence-corrected chi connectivity index (χ2v) is 5.01. The molecule has 1 rings (SSSR count). The van der Waals surface area contributed by atoms with Crippen LogP contribution in [0.4, 0.5) is 16.2 Å². The molecule has 1 aromatic rings. The summed E-state index contributed by atoms with van der Waals surface area (Å²) in [5.74, 6) is -0.400. The van der Waals surface area contributed by atoms with E-state index in [2.05, 4.69) is 0 Å². The van der Waals surface area contributed by atoms with Gasteiger partial charge in [-0.3, -0.25) is 20.2 Å². The average Bonchev–Trinajstić information content (AvgIpc) is 2.33. The van der Waals surface area contributed by atoms with Crippen molar-refractivity contribution in [3.8, 4) is 5.75 Å². The molecular formula is C11H13N3O7. The molecule has 0 fully saturated rings. The lowest BCUT2D eigenvalue weighted by molar-refractivity contribution is -0.395. The molecule has 0 aliphatic heterocycles. The SMILES string of the molecule is CC(C)(C)N(Oc1ccc([N+](=O)[O-])cc1[N+](=O)[O-])C(=O)O. The highest BCUT2D eigenvalue weighted by Gasteiger charge is 2.32. The minimum Gasteiger partial charge on any atom is -0.463 e. The zero-order valence-electron chi connectivity index (χ0n) is 11.5. The van der Waals surface area contributed by atoms with Gasteiger partial charge in [0.25, 0.3) is 5.69 Å². The molecule has 0 heterocycles. The van der Waals surface area contributed by atoms with Gasteiger partial charge in [0.1, 0.15) is 0 Å². The third-order valence-corrected chi connectivity index (χ3v) is 2.32. The summed E-state index contributed by atoms with van der Waals surface area (Å²) in [6.07, 6.45) is -1.45. The van der Waals surface area contributed by atoms with E-state index in [-0.39, 0.29) is 0 Å². The maximum atomic E-state index is 11.1. The average molecular weight is 299 g/mol. The van der Waals surface area contributed by atoms with Crippen LogP contribution >= 0.6 is 0 Å². The number of nitro benzene ring substituents is 2. The molecule has 114 valence electrons. The number of nitro groups is 2. The summed E-state index contributed by atoms with van der Waals surface area (Å²) in [4.78, 5) is 36.0. The molecule has 0 radical (unpaired) electrons. The zero-order chi connectivity index (χ0) is 16.4. The van der Waals surface area contributed by atoms with Crippen molar-refractivity contribution in [2.45, 2.75) is 26.3 Å². The number of benzene rings is 1. The molecule has 21 heavy (non-hydrogen) atoms. The van der Waals surface area contributed by atoms with Crippen molar-refractivity contribution < 1.29 is 24.6 Å². The molecule has 0 saturated carbocycles. The molecule has 10 heteroatoms. The Morgan fingerprint density at radius 2 is 1.81 bits per heavy atom. The first kappa shape index (κ1) is 16.1. The molecule has 0 atom stereocenters. The minimum absolute atomic E-state index is 0.400. The highest BCUT2D eigenvalue weighted by atomic mass is 16.7. The molecule has 0 unspecified atom stereocenters. The smallest absolute Gasteiger partial charge is 0.441 e. The third-order valence-electron chi connectivity index (χ3n) is 2.32. The first-order valence-electron chi connectivity index (χ1n) is 5.68. The molecular weight excluding hydrogens is 286 g/mol. The molecule has 0 aliphatic rings. The largest absolute Gasteiger partial charge is 0.463 e. The standard InChI is InChI=1S/C11H13N3O7/c1-11(2,3)12(10(15)16)21-9-5-4-7(13(17)18)6-8(9)14(19)20/h4-6H,1-3H3,(H,15,16). The Morgan fingerprint density at radius 1 is 1.24 bits per heavy atom. The van der Waals surface area contributed by atoms with E-state index in [4.69, 9.17) is 9.94 Å². The number of hydrogen-bond acceptors (Lipinski definition) is 6. The summed E-state index contributed by atoms with van der Waals surface area (Å²) in [6.45, 7) is 4.58. The van der Waals surface area contributed by atoms with Crippen LogP contribution in [0.5, 0.6) is 5.75 Å². The van der Waals surface area contributed by atoms with Crippen LogP contribution in [0.15, 0.2) is 18.2 Å². The lowest BCUT2D eigenvalue weighted by Crippen LogP contribution is -2.47. The van der Waals surface area contributed by atoms with E-state index in [0.717, 1.165) is 12.1 Å². The minimum atomic E-state index is -1.45. The summed E-state index contributed by atoms with van der Waals surface area (Å²) >= 11 is 0. The van der Waals surface area contributed by atoms with Crippen molar-refractivity contribution in [2.24, 2.45) is 0 Å². The summed E-state index contributed by atoms with van der Waals surface area (Å²) in [7, 11) is 0. The van der Waals surface area contributed by atoms with Crippen molar-refractivity contribution in [1.82, 2.24) is 5.06 Å². The van der Waals surface area contributed by atoms with Gasteiger partial charge in [-0.2, -0.15) is 0 Å². The van der Waals surface area contributed by atoms with Crippen LogP contribution < -0.4 is 4.84 Å². The molecule has 0 spiro atoms. The van der Waals surface area contributed by atoms with Gasteiger partial charge in [-0.1, -0.05) is 0 Å².